The Labute approximate surface area is 404 Å². The van der Waals surface area contributed by atoms with Gasteiger partial charge in [-0.1, -0.05) is 149 Å². The largest absolute Gasteiger partial charge is 0.463 e. The Morgan fingerprint density at radius 2 is 0.394 bits per heavy atom. The molecule has 0 bridgehead atoms. The summed E-state index contributed by atoms with van der Waals surface area (Å²) >= 11 is 0. The molecular weight excluding hydrogens is 849 g/mol. The van der Waals surface area contributed by atoms with E-state index in [4.69, 9.17) is 61.6 Å². The number of hydrogen-bond donors (Lipinski definition) is 0. The predicted molar refractivity (Wildman–Crippen MR) is 263 cm³/mol. The average molecular weight is 953 g/mol. The van der Waals surface area contributed by atoms with Crippen LogP contribution in [0.15, 0.2) is 0 Å². The highest BCUT2D eigenvalue weighted by Crippen LogP contribution is 2.14. The summed E-state index contributed by atoms with van der Waals surface area (Å²) in [6.45, 7) is 17.5. The number of unbranched alkanes of at least 4 members (excludes halogenated alkanes) is 21. The summed E-state index contributed by atoms with van der Waals surface area (Å²) < 4.78 is 71.7. The molecule has 0 atom stereocenters. The Morgan fingerprint density at radius 3 is 0.636 bits per heavy atom. The maximum atomic E-state index is 11.9. The smallest absolute Gasteiger partial charge is 0.305 e. The zero-order chi connectivity index (χ0) is 47.4. The van der Waals surface area contributed by atoms with E-state index in [-0.39, 0.29) is 12.6 Å². The van der Waals surface area contributed by atoms with Crippen molar-refractivity contribution in [1.29, 1.82) is 0 Å². The zero-order valence-electron chi connectivity index (χ0n) is 42.9. The van der Waals surface area contributed by atoms with Crippen LogP contribution in [0.3, 0.4) is 0 Å². The van der Waals surface area contributed by atoms with E-state index in [1.807, 2.05) is 0 Å². The fourth-order valence-electron chi connectivity index (χ4n) is 6.79. The lowest BCUT2D eigenvalue weighted by Crippen LogP contribution is -2.15. The fourth-order valence-corrected chi connectivity index (χ4v) is 6.79. The fraction of sp³-hybridized carbons (Fsp3) is 0.981. The van der Waals surface area contributed by atoms with Gasteiger partial charge in [0.2, 0.25) is 0 Å². The van der Waals surface area contributed by atoms with Crippen molar-refractivity contribution in [3.8, 4) is 0 Å². The summed E-state index contributed by atoms with van der Waals surface area (Å²) in [4.78, 5) is 11.9. The van der Waals surface area contributed by atoms with E-state index in [1.54, 1.807) is 0 Å². The minimum Gasteiger partial charge on any atom is -0.463 e. The molecule has 0 aliphatic carbocycles. The Hall–Kier alpha value is -1.01. The SMILES string of the molecule is CCCCCCCCCCCCCCCCCC(=O)OCCOCCOCCOCCOCCOCCOCCOCCOCCOCCOCCOCCOCCCCCCCCCC. The van der Waals surface area contributed by atoms with Gasteiger partial charge in [0, 0.05) is 13.0 Å². The predicted octanol–water partition coefficient (Wildman–Crippen LogP) is 10.1. The highest BCUT2D eigenvalue weighted by atomic mass is 16.6. The van der Waals surface area contributed by atoms with Crippen LogP contribution in [0.4, 0.5) is 0 Å². The van der Waals surface area contributed by atoms with Gasteiger partial charge in [0.05, 0.1) is 152 Å². The third-order valence-electron chi connectivity index (χ3n) is 10.7. The molecule has 0 N–H and O–H groups in total. The molecule has 0 spiro atoms. The molecule has 0 saturated carbocycles. The second-order valence-electron chi connectivity index (χ2n) is 16.7. The first kappa shape index (κ1) is 65.0. The van der Waals surface area contributed by atoms with Crippen molar-refractivity contribution in [3.63, 3.8) is 0 Å². The monoisotopic (exact) mass is 953 g/mol. The minimum absolute atomic E-state index is 0.130. The average Bonchev–Trinajstić information content (AvgIpc) is 3.32. The van der Waals surface area contributed by atoms with E-state index in [2.05, 4.69) is 13.8 Å². The second kappa shape index (κ2) is 62.0. The van der Waals surface area contributed by atoms with Crippen molar-refractivity contribution in [1.82, 2.24) is 0 Å². The van der Waals surface area contributed by atoms with Gasteiger partial charge in [0.25, 0.3) is 0 Å². The zero-order valence-corrected chi connectivity index (χ0v) is 42.9. The van der Waals surface area contributed by atoms with Gasteiger partial charge in [-0.2, -0.15) is 0 Å². The second-order valence-corrected chi connectivity index (χ2v) is 16.7. The van der Waals surface area contributed by atoms with Gasteiger partial charge < -0.3 is 61.6 Å². The number of carbonyl (C=O) groups is 1. The van der Waals surface area contributed by atoms with E-state index in [1.165, 1.54) is 128 Å². The Bertz CT molecular complexity index is 873. The quantitative estimate of drug-likeness (QED) is 0.0422. The molecule has 14 nitrogen and oxygen atoms in total. The van der Waals surface area contributed by atoms with Crippen LogP contribution in [0.1, 0.15) is 168 Å². The van der Waals surface area contributed by atoms with Crippen LogP contribution in [-0.4, -0.2) is 171 Å². The molecule has 0 aromatic heterocycles. The molecule has 0 unspecified atom stereocenters. The molecule has 0 amide bonds. The first-order valence-electron chi connectivity index (χ1n) is 26.9. The molecule has 0 rings (SSSR count). The standard InChI is InChI=1S/C52H104O14/c1-3-5-7-9-11-13-14-15-16-17-18-19-20-22-24-26-52(53)66-51-50-65-49-48-64-47-46-63-45-44-62-43-42-61-41-40-60-39-38-59-37-36-58-35-34-57-33-32-56-31-30-55-29-28-54-27-25-23-21-12-10-8-6-4-2/h3-51H2,1-2H3. The van der Waals surface area contributed by atoms with Crippen LogP contribution in [0.25, 0.3) is 0 Å². The summed E-state index contributed by atoms with van der Waals surface area (Å²) in [6.07, 6.45) is 30.7. The number of rotatable bonds is 61. The van der Waals surface area contributed by atoms with Crippen LogP contribution < -0.4 is 0 Å². The van der Waals surface area contributed by atoms with Crippen molar-refractivity contribution >= 4 is 5.97 Å². The van der Waals surface area contributed by atoms with Gasteiger partial charge in [0.15, 0.2) is 0 Å². The van der Waals surface area contributed by atoms with Crippen molar-refractivity contribution < 1.29 is 66.4 Å². The molecule has 0 heterocycles. The molecule has 0 radical (unpaired) electrons. The van der Waals surface area contributed by atoms with E-state index < -0.39 is 0 Å². The van der Waals surface area contributed by atoms with Crippen LogP contribution in [0.2, 0.25) is 0 Å². The van der Waals surface area contributed by atoms with Gasteiger partial charge in [-0.05, 0) is 12.8 Å². The van der Waals surface area contributed by atoms with Crippen molar-refractivity contribution in [2.75, 3.05) is 165 Å². The third kappa shape index (κ3) is 61.0. The summed E-state index contributed by atoms with van der Waals surface area (Å²) in [6, 6.07) is 0. The van der Waals surface area contributed by atoms with E-state index in [0.29, 0.717) is 158 Å². The molecule has 0 saturated heterocycles. The lowest BCUT2D eigenvalue weighted by Gasteiger charge is -2.09. The number of ether oxygens (including phenoxy) is 13. The van der Waals surface area contributed by atoms with Crippen molar-refractivity contribution in [2.24, 2.45) is 0 Å². The van der Waals surface area contributed by atoms with Crippen LogP contribution >= 0.6 is 0 Å². The number of carbonyl (C=O) groups excluding carboxylic acids is 1. The Morgan fingerprint density at radius 1 is 0.212 bits per heavy atom. The molecule has 0 aromatic carbocycles. The van der Waals surface area contributed by atoms with Crippen LogP contribution in [-0.2, 0) is 66.4 Å². The highest BCUT2D eigenvalue weighted by molar-refractivity contribution is 5.69. The lowest BCUT2D eigenvalue weighted by molar-refractivity contribution is -0.145. The normalized spacial score (nSPS) is 11.6. The summed E-state index contributed by atoms with van der Waals surface area (Å²) in [5, 5.41) is 0. The molecule has 66 heavy (non-hydrogen) atoms. The van der Waals surface area contributed by atoms with Crippen molar-refractivity contribution in [3.05, 3.63) is 0 Å². The molecule has 0 fully saturated rings. The summed E-state index contributed by atoms with van der Waals surface area (Å²) in [7, 11) is 0. The van der Waals surface area contributed by atoms with Gasteiger partial charge in [-0.15, -0.1) is 0 Å². The maximum absolute atomic E-state index is 11.9. The molecule has 0 aliphatic heterocycles. The molecule has 396 valence electrons. The first-order chi connectivity index (χ1) is 32.8. The van der Waals surface area contributed by atoms with Gasteiger partial charge in [-0.25, -0.2) is 0 Å². The first-order valence-corrected chi connectivity index (χ1v) is 26.9. The Kier molecular flexibility index (Phi) is 61.1. The third-order valence-corrected chi connectivity index (χ3v) is 10.7. The van der Waals surface area contributed by atoms with E-state index in [9.17, 15) is 4.79 Å². The van der Waals surface area contributed by atoms with Gasteiger partial charge in [0.1, 0.15) is 6.61 Å². The molecule has 0 aliphatic rings. The van der Waals surface area contributed by atoms with Gasteiger partial charge in [-0.3, -0.25) is 4.79 Å². The lowest BCUT2D eigenvalue weighted by atomic mass is 10.0. The van der Waals surface area contributed by atoms with E-state index in [0.717, 1.165) is 25.9 Å². The van der Waals surface area contributed by atoms with Crippen molar-refractivity contribution in [2.45, 2.75) is 168 Å². The molecule has 0 aromatic rings. The molecular formula is C52H104O14. The van der Waals surface area contributed by atoms with Crippen LogP contribution in [0.5, 0.6) is 0 Å². The number of hydrogen-bond acceptors (Lipinski definition) is 14. The highest BCUT2D eigenvalue weighted by Gasteiger charge is 2.03. The molecule has 14 heteroatoms. The number of esters is 1. The minimum atomic E-state index is -0.130. The Balaban J connectivity index is 3.12. The van der Waals surface area contributed by atoms with Crippen LogP contribution in [0, 0.1) is 0 Å². The topological polar surface area (TPSA) is 137 Å². The summed E-state index contributed by atoms with van der Waals surface area (Å²) in [5.74, 6) is -0.130. The van der Waals surface area contributed by atoms with E-state index >= 15 is 0 Å². The maximum Gasteiger partial charge on any atom is 0.305 e. The van der Waals surface area contributed by atoms with Gasteiger partial charge >= 0.3 is 5.97 Å². The summed E-state index contributed by atoms with van der Waals surface area (Å²) in [5.41, 5.74) is 0.